The summed E-state index contributed by atoms with van der Waals surface area (Å²) in [6.45, 7) is 4.45. The van der Waals surface area contributed by atoms with Crippen LogP contribution in [0.3, 0.4) is 0 Å². The molecule has 8 heteroatoms. The number of sulfonamides is 1. The highest BCUT2D eigenvalue weighted by Crippen LogP contribution is 2.31. The molecule has 1 aromatic rings. The van der Waals surface area contributed by atoms with Gasteiger partial charge in [0.2, 0.25) is 10.0 Å². The summed E-state index contributed by atoms with van der Waals surface area (Å²) in [5.74, 6) is -0.378. The second-order valence-electron chi connectivity index (χ2n) is 8.74. The van der Waals surface area contributed by atoms with Crippen LogP contribution in [-0.2, 0) is 14.8 Å². The van der Waals surface area contributed by atoms with E-state index in [0.717, 1.165) is 0 Å². The van der Waals surface area contributed by atoms with Crippen LogP contribution < -0.4 is 4.74 Å². The Balaban J connectivity index is 2.15. The van der Waals surface area contributed by atoms with Gasteiger partial charge in [-0.15, -0.1) is 0 Å². The summed E-state index contributed by atoms with van der Waals surface area (Å²) in [6, 6.07) is 6.34. The van der Waals surface area contributed by atoms with Crippen LogP contribution in [0.15, 0.2) is 29.2 Å². The number of carbonyl (C=O) groups is 1. The van der Waals surface area contributed by atoms with E-state index in [2.05, 4.69) is 0 Å². The lowest BCUT2D eigenvalue weighted by Gasteiger charge is -2.32. The lowest BCUT2D eigenvalue weighted by atomic mass is 9.82. The molecular formula is C23H36FNO5S. The lowest BCUT2D eigenvalue weighted by Crippen LogP contribution is -2.39. The predicted octanol–water partition coefficient (Wildman–Crippen LogP) is 4.74. The molecule has 176 valence electrons. The molecule has 31 heavy (non-hydrogen) atoms. The van der Waals surface area contributed by atoms with Gasteiger partial charge in [-0.05, 0) is 81.0 Å². The topological polar surface area (TPSA) is 83.9 Å². The third-order valence-corrected chi connectivity index (χ3v) is 8.13. The molecule has 0 aromatic heterocycles. The molecule has 1 fully saturated rings. The Morgan fingerprint density at radius 1 is 1.19 bits per heavy atom. The molecule has 1 saturated carbocycles. The maximum Gasteiger partial charge on any atom is 0.306 e. The van der Waals surface area contributed by atoms with Crippen LogP contribution in [0.2, 0.25) is 0 Å². The van der Waals surface area contributed by atoms with Gasteiger partial charge in [0.15, 0.2) is 0 Å². The highest BCUT2D eigenvalue weighted by molar-refractivity contribution is 7.89. The SMILES string of the molecule is CCC(F)CCC(C)CN(CC1CCC(C(=O)O)CC1)S(=O)(=O)c1ccc(OC)cc1. The van der Waals surface area contributed by atoms with Crippen LogP contribution in [0.4, 0.5) is 4.39 Å². The molecule has 2 rings (SSSR count). The maximum absolute atomic E-state index is 13.7. The number of benzene rings is 1. The molecule has 1 N–H and O–H groups in total. The predicted molar refractivity (Wildman–Crippen MR) is 118 cm³/mol. The number of methoxy groups -OCH3 is 1. The Hall–Kier alpha value is -1.67. The Morgan fingerprint density at radius 2 is 1.81 bits per heavy atom. The molecule has 0 radical (unpaired) electrons. The molecule has 0 saturated heterocycles. The van der Waals surface area contributed by atoms with Gasteiger partial charge in [-0.1, -0.05) is 13.8 Å². The number of halogens is 1. The number of carboxylic acid groups (broad SMARTS) is 1. The van der Waals surface area contributed by atoms with Gasteiger partial charge >= 0.3 is 5.97 Å². The van der Waals surface area contributed by atoms with Gasteiger partial charge in [0.25, 0.3) is 0 Å². The standard InChI is InChI=1S/C23H36FNO5S/c1-4-20(24)10-5-17(2)15-25(16-18-6-8-19(9-7-18)23(26)27)31(28,29)22-13-11-21(30-3)12-14-22/h11-14,17-20H,4-10,15-16H2,1-3H3,(H,26,27). The Labute approximate surface area is 185 Å². The van der Waals surface area contributed by atoms with Crippen molar-refractivity contribution in [1.29, 1.82) is 0 Å². The third-order valence-electron chi connectivity index (χ3n) is 6.29. The molecule has 0 amide bonds. The Kier molecular flexibility index (Phi) is 9.75. The van der Waals surface area contributed by atoms with Crippen molar-refractivity contribution in [3.8, 4) is 5.75 Å². The van der Waals surface area contributed by atoms with E-state index in [9.17, 15) is 22.7 Å². The molecule has 1 aliphatic rings. The van der Waals surface area contributed by atoms with Crippen molar-refractivity contribution in [2.45, 2.75) is 69.9 Å². The number of alkyl halides is 1. The van der Waals surface area contributed by atoms with Crippen molar-refractivity contribution >= 4 is 16.0 Å². The molecule has 0 aliphatic heterocycles. The van der Waals surface area contributed by atoms with Crippen molar-refractivity contribution in [2.24, 2.45) is 17.8 Å². The van der Waals surface area contributed by atoms with Gasteiger partial charge in [0.1, 0.15) is 5.75 Å². The summed E-state index contributed by atoms with van der Waals surface area (Å²) in [5, 5.41) is 9.22. The Bertz CT molecular complexity index is 791. The number of aliphatic carboxylic acids is 1. The van der Waals surface area contributed by atoms with Gasteiger partial charge in [0, 0.05) is 13.1 Å². The van der Waals surface area contributed by atoms with Crippen LogP contribution in [0, 0.1) is 17.8 Å². The van der Waals surface area contributed by atoms with E-state index in [4.69, 9.17) is 4.74 Å². The zero-order valence-corrected chi connectivity index (χ0v) is 19.6. The molecule has 2 unspecified atom stereocenters. The second kappa shape index (κ2) is 11.8. The number of ether oxygens (including phenoxy) is 1. The van der Waals surface area contributed by atoms with Crippen LogP contribution in [0.5, 0.6) is 5.75 Å². The van der Waals surface area contributed by atoms with Gasteiger partial charge < -0.3 is 9.84 Å². The molecule has 1 aromatic carbocycles. The van der Waals surface area contributed by atoms with Crippen molar-refractivity contribution in [1.82, 2.24) is 4.31 Å². The average molecular weight is 458 g/mol. The lowest BCUT2D eigenvalue weighted by molar-refractivity contribution is -0.143. The molecule has 0 bridgehead atoms. The van der Waals surface area contributed by atoms with E-state index in [1.165, 1.54) is 11.4 Å². The minimum absolute atomic E-state index is 0.0215. The zero-order valence-electron chi connectivity index (χ0n) is 18.8. The molecule has 0 heterocycles. The third kappa shape index (κ3) is 7.45. The van der Waals surface area contributed by atoms with Gasteiger partial charge in [-0.2, -0.15) is 4.31 Å². The fraction of sp³-hybridized carbons (Fsp3) is 0.696. The fourth-order valence-electron chi connectivity index (χ4n) is 4.16. The first kappa shape index (κ1) is 25.6. The number of nitrogens with zero attached hydrogens (tertiary/aromatic N) is 1. The average Bonchev–Trinajstić information content (AvgIpc) is 2.77. The van der Waals surface area contributed by atoms with Crippen molar-refractivity contribution < 1.29 is 27.4 Å². The van der Waals surface area contributed by atoms with Crippen molar-refractivity contribution in [3.05, 3.63) is 24.3 Å². The number of hydrogen-bond donors (Lipinski definition) is 1. The molecule has 2 atom stereocenters. The second-order valence-corrected chi connectivity index (χ2v) is 10.7. The molecule has 6 nitrogen and oxygen atoms in total. The summed E-state index contributed by atoms with van der Waals surface area (Å²) in [4.78, 5) is 11.4. The van der Waals surface area contributed by atoms with E-state index < -0.39 is 22.2 Å². The van der Waals surface area contributed by atoms with Crippen LogP contribution >= 0.6 is 0 Å². The van der Waals surface area contributed by atoms with Crippen LogP contribution in [-0.4, -0.2) is 50.2 Å². The van der Waals surface area contributed by atoms with E-state index in [0.29, 0.717) is 63.8 Å². The molecule has 1 aliphatic carbocycles. The Morgan fingerprint density at radius 3 is 2.32 bits per heavy atom. The highest BCUT2D eigenvalue weighted by Gasteiger charge is 2.32. The maximum atomic E-state index is 13.7. The van der Waals surface area contributed by atoms with Crippen molar-refractivity contribution in [2.75, 3.05) is 20.2 Å². The number of hydrogen-bond acceptors (Lipinski definition) is 4. The zero-order chi connectivity index (χ0) is 23.0. The summed E-state index contributed by atoms with van der Waals surface area (Å²) in [6.07, 6.45) is 3.20. The minimum atomic E-state index is -3.73. The monoisotopic (exact) mass is 457 g/mol. The first-order chi connectivity index (χ1) is 14.7. The summed E-state index contributed by atoms with van der Waals surface area (Å²) in [7, 11) is -2.20. The smallest absolute Gasteiger partial charge is 0.306 e. The highest BCUT2D eigenvalue weighted by atomic mass is 32.2. The largest absolute Gasteiger partial charge is 0.497 e. The van der Waals surface area contributed by atoms with E-state index in [-0.39, 0.29) is 22.6 Å². The van der Waals surface area contributed by atoms with Crippen LogP contribution in [0.1, 0.15) is 58.8 Å². The summed E-state index contributed by atoms with van der Waals surface area (Å²) in [5.41, 5.74) is 0. The van der Waals surface area contributed by atoms with Gasteiger partial charge in [-0.25, -0.2) is 12.8 Å². The van der Waals surface area contributed by atoms with Crippen LogP contribution in [0.25, 0.3) is 0 Å². The van der Waals surface area contributed by atoms with Gasteiger partial charge in [-0.3, -0.25) is 4.79 Å². The van der Waals surface area contributed by atoms with Gasteiger partial charge in [0.05, 0.1) is 24.1 Å². The minimum Gasteiger partial charge on any atom is -0.497 e. The molecule has 0 spiro atoms. The number of rotatable bonds is 12. The first-order valence-electron chi connectivity index (χ1n) is 11.2. The fourth-order valence-corrected chi connectivity index (χ4v) is 5.79. The normalized spacial score (nSPS) is 21.6. The van der Waals surface area contributed by atoms with E-state index >= 15 is 0 Å². The summed E-state index contributed by atoms with van der Waals surface area (Å²) >= 11 is 0. The summed E-state index contributed by atoms with van der Waals surface area (Å²) < 4.78 is 47.2. The van der Waals surface area contributed by atoms with Crippen molar-refractivity contribution in [3.63, 3.8) is 0 Å². The number of carboxylic acids is 1. The first-order valence-corrected chi connectivity index (χ1v) is 12.6. The van der Waals surface area contributed by atoms with E-state index in [1.54, 1.807) is 24.3 Å². The quantitative estimate of drug-likeness (QED) is 0.490. The molecular weight excluding hydrogens is 421 g/mol. The van der Waals surface area contributed by atoms with E-state index in [1.807, 2.05) is 13.8 Å².